The van der Waals surface area contributed by atoms with Crippen LogP contribution in [0.4, 0.5) is 0 Å². The number of rotatable bonds is 6. The summed E-state index contributed by atoms with van der Waals surface area (Å²) < 4.78 is 28.7. The smallest absolute Gasteiger partial charge is 0.244 e. The minimum Gasteiger partial charge on any atom is -0.329 e. The standard InChI is InChI=1S/C13H17ClN4O2S/c1-10(12-4-2-3-5-13(12)14)17-21(19,20)11-8-16-18(9-11)7-6-15/h2-5,8-10,17H,6-7,15H2,1H3. The Kier molecular flexibility index (Phi) is 5.00. The highest BCUT2D eigenvalue weighted by Crippen LogP contribution is 2.23. The number of hydrogen-bond acceptors (Lipinski definition) is 4. The van der Waals surface area contributed by atoms with Crippen LogP contribution in [0.15, 0.2) is 41.6 Å². The summed E-state index contributed by atoms with van der Waals surface area (Å²) in [5, 5.41) is 4.48. The summed E-state index contributed by atoms with van der Waals surface area (Å²) in [5.41, 5.74) is 6.13. The van der Waals surface area contributed by atoms with E-state index in [0.29, 0.717) is 18.1 Å². The third-order valence-electron chi connectivity index (χ3n) is 2.98. The number of aromatic nitrogens is 2. The molecule has 0 bridgehead atoms. The molecule has 8 heteroatoms. The molecule has 0 radical (unpaired) electrons. The number of benzene rings is 1. The highest BCUT2D eigenvalue weighted by Gasteiger charge is 2.21. The first-order valence-corrected chi connectivity index (χ1v) is 8.29. The Balaban J connectivity index is 2.18. The van der Waals surface area contributed by atoms with E-state index in [4.69, 9.17) is 17.3 Å². The van der Waals surface area contributed by atoms with Crippen molar-refractivity contribution in [3.63, 3.8) is 0 Å². The third-order valence-corrected chi connectivity index (χ3v) is 4.82. The van der Waals surface area contributed by atoms with E-state index in [9.17, 15) is 8.42 Å². The quantitative estimate of drug-likeness (QED) is 0.841. The molecular formula is C13H17ClN4O2S. The Morgan fingerprint density at radius 3 is 2.81 bits per heavy atom. The van der Waals surface area contributed by atoms with Gasteiger partial charge in [-0.1, -0.05) is 29.8 Å². The summed E-state index contributed by atoms with van der Waals surface area (Å²) in [6.45, 7) is 2.60. The van der Waals surface area contributed by atoms with Gasteiger partial charge in [0, 0.05) is 23.8 Å². The molecule has 2 aromatic rings. The van der Waals surface area contributed by atoms with Gasteiger partial charge in [0.15, 0.2) is 0 Å². The Hall–Kier alpha value is -1.41. The summed E-state index contributed by atoms with van der Waals surface area (Å²) in [6.07, 6.45) is 2.76. The summed E-state index contributed by atoms with van der Waals surface area (Å²) in [6, 6.07) is 6.67. The molecule has 21 heavy (non-hydrogen) atoms. The van der Waals surface area contributed by atoms with Crippen LogP contribution in [0.1, 0.15) is 18.5 Å². The van der Waals surface area contributed by atoms with E-state index in [0.717, 1.165) is 5.56 Å². The fraction of sp³-hybridized carbons (Fsp3) is 0.308. The van der Waals surface area contributed by atoms with Gasteiger partial charge in [0.05, 0.1) is 12.7 Å². The van der Waals surface area contributed by atoms with Crippen molar-refractivity contribution >= 4 is 21.6 Å². The fourth-order valence-electron chi connectivity index (χ4n) is 1.93. The van der Waals surface area contributed by atoms with Gasteiger partial charge in [-0.3, -0.25) is 4.68 Å². The first-order chi connectivity index (χ1) is 9.94. The molecule has 1 unspecified atom stereocenters. The molecule has 1 atom stereocenters. The van der Waals surface area contributed by atoms with Gasteiger partial charge in [0.1, 0.15) is 4.90 Å². The van der Waals surface area contributed by atoms with E-state index in [1.165, 1.54) is 17.1 Å². The van der Waals surface area contributed by atoms with Gasteiger partial charge in [-0.15, -0.1) is 0 Å². The molecule has 0 spiro atoms. The molecule has 3 N–H and O–H groups in total. The minimum atomic E-state index is -3.65. The van der Waals surface area contributed by atoms with E-state index >= 15 is 0 Å². The molecule has 114 valence electrons. The van der Waals surface area contributed by atoms with E-state index in [2.05, 4.69) is 9.82 Å². The van der Waals surface area contributed by atoms with Gasteiger partial charge in [-0.25, -0.2) is 13.1 Å². The lowest BCUT2D eigenvalue weighted by Crippen LogP contribution is -2.26. The maximum atomic E-state index is 12.3. The predicted octanol–water partition coefficient (Wildman–Crippen LogP) is 1.53. The van der Waals surface area contributed by atoms with Crippen LogP contribution in [-0.2, 0) is 16.6 Å². The SMILES string of the molecule is CC(NS(=O)(=O)c1cnn(CCN)c1)c1ccccc1Cl. The van der Waals surface area contributed by atoms with Crippen molar-refractivity contribution in [1.29, 1.82) is 0 Å². The van der Waals surface area contributed by atoms with Crippen molar-refractivity contribution in [3.05, 3.63) is 47.2 Å². The topological polar surface area (TPSA) is 90.0 Å². The number of halogens is 1. The van der Waals surface area contributed by atoms with E-state index < -0.39 is 16.1 Å². The van der Waals surface area contributed by atoms with E-state index in [-0.39, 0.29) is 4.90 Å². The van der Waals surface area contributed by atoms with Gasteiger partial charge in [-0.2, -0.15) is 5.10 Å². The maximum Gasteiger partial charge on any atom is 0.244 e. The molecule has 0 aliphatic heterocycles. The molecule has 1 aromatic heterocycles. The second-order valence-corrected chi connectivity index (χ2v) is 6.71. The first-order valence-electron chi connectivity index (χ1n) is 6.43. The Morgan fingerprint density at radius 2 is 2.14 bits per heavy atom. The number of hydrogen-bond donors (Lipinski definition) is 2. The lowest BCUT2D eigenvalue weighted by molar-refractivity contribution is 0.566. The van der Waals surface area contributed by atoms with Gasteiger partial charge >= 0.3 is 0 Å². The van der Waals surface area contributed by atoms with Crippen molar-refractivity contribution in [1.82, 2.24) is 14.5 Å². The zero-order chi connectivity index (χ0) is 15.5. The zero-order valence-electron chi connectivity index (χ0n) is 11.5. The fourth-order valence-corrected chi connectivity index (χ4v) is 3.40. The van der Waals surface area contributed by atoms with Crippen molar-refractivity contribution in [2.45, 2.75) is 24.4 Å². The van der Waals surface area contributed by atoms with Crippen molar-refractivity contribution in [2.75, 3.05) is 6.54 Å². The van der Waals surface area contributed by atoms with Gasteiger partial charge < -0.3 is 5.73 Å². The van der Waals surface area contributed by atoms with Crippen molar-refractivity contribution in [2.24, 2.45) is 5.73 Å². The Morgan fingerprint density at radius 1 is 1.43 bits per heavy atom. The van der Waals surface area contributed by atoms with Crippen LogP contribution in [0.3, 0.4) is 0 Å². The van der Waals surface area contributed by atoms with Gasteiger partial charge in [0.2, 0.25) is 10.0 Å². The number of nitrogens with two attached hydrogens (primary N) is 1. The van der Waals surface area contributed by atoms with E-state index in [1.54, 1.807) is 25.1 Å². The summed E-state index contributed by atoms with van der Waals surface area (Å²) in [7, 11) is -3.65. The second-order valence-electron chi connectivity index (χ2n) is 4.59. The molecule has 0 saturated heterocycles. The van der Waals surface area contributed by atoms with Gasteiger partial charge in [-0.05, 0) is 18.6 Å². The van der Waals surface area contributed by atoms with E-state index in [1.807, 2.05) is 6.07 Å². The van der Waals surface area contributed by atoms with Crippen LogP contribution in [0.5, 0.6) is 0 Å². The molecule has 0 aliphatic carbocycles. The van der Waals surface area contributed by atoms with Crippen LogP contribution in [-0.4, -0.2) is 24.7 Å². The molecule has 0 amide bonds. The Bertz CT molecular complexity index is 714. The molecule has 6 nitrogen and oxygen atoms in total. The monoisotopic (exact) mass is 328 g/mol. The second kappa shape index (κ2) is 6.57. The largest absolute Gasteiger partial charge is 0.329 e. The predicted molar refractivity (Wildman–Crippen MR) is 81.5 cm³/mol. The molecule has 1 aromatic carbocycles. The molecule has 0 aliphatic rings. The molecule has 2 rings (SSSR count). The maximum absolute atomic E-state index is 12.3. The van der Waals surface area contributed by atoms with Crippen LogP contribution in [0.25, 0.3) is 0 Å². The summed E-state index contributed by atoms with van der Waals surface area (Å²) in [5.74, 6) is 0. The third kappa shape index (κ3) is 3.82. The van der Waals surface area contributed by atoms with Crippen LogP contribution in [0.2, 0.25) is 5.02 Å². The Labute approximate surface area is 129 Å². The number of nitrogens with zero attached hydrogens (tertiary/aromatic N) is 2. The summed E-state index contributed by atoms with van der Waals surface area (Å²) in [4.78, 5) is 0.106. The molecule has 0 fully saturated rings. The average molecular weight is 329 g/mol. The van der Waals surface area contributed by atoms with Crippen LogP contribution >= 0.6 is 11.6 Å². The normalized spacial score (nSPS) is 13.3. The molecule has 0 saturated carbocycles. The average Bonchev–Trinajstić information content (AvgIpc) is 2.88. The lowest BCUT2D eigenvalue weighted by Gasteiger charge is -2.15. The summed E-state index contributed by atoms with van der Waals surface area (Å²) >= 11 is 6.07. The first kappa shape index (κ1) is 16.0. The van der Waals surface area contributed by atoms with Crippen molar-refractivity contribution in [3.8, 4) is 0 Å². The van der Waals surface area contributed by atoms with Gasteiger partial charge in [0.25, 0.3) is 0 Å². The lowest BCUT2D eigenvalue weighted by atomic mass is 10.1. The number of sulfonamides is 1. The van der Waals surface area contributed by atoms with Crippen molar-refractivity contribution < 1.29 is 8.42 Å². The molecular weight excluding hydrogens is 312 g/mol. The molecule has 1 heterocycles. The highest BCUT2D eigenvalue weighted by atomic mass is 35.5. The zero-order valence-corrected chi connectivity index (χ0v) is 13.1. The minimum absolute atomic E-state index is 0.106. The number of nitrogens with one attached hydrogen (secondary N) is 1. The van der Waals surface area contributed by atoms with Crippen LogP contribution < -0.4 is 10.5 Å². The highest BCUT2D eigenvalue weighted by molar-refractivity contribution is 7.89. The van der Waals surface area contributed by atoms with Crippen LogP contribution in [0, 0.1) is 0 Å².